The Morgan fingerprint density at radius 3 is 2.18 bits per heavy atom. The number of carbonyl (C=O) groups is 2. The van der Waals surface area contributed by atoms with Gasteiger partial charge >= 0.3 is 5.97 Å². The summed E-state index contributed by atoms with van der Waals surface area (Å²) < 4.78 is 0. The fourth-order valence-corrected chi connectivity index (χ4v) is 2.24. The van der Waals surface area contributed by atoms with E-state index in [9.17, 15) is 9.59 Å². The van der Waals surface area contributed by atoms with Crippen molar-refractivity contribution in [2.45, 2.75) is 5.92 Å². The topological polar surface area (TPSA) is 92.4 Å². The lowest BCUT2D eigenvalue weighted by Gasteiger charge is -2.16. The van der Waals surface area contributed by atoms with Gasteiger partial charge < -0.3 is 16.2 Å². The van der Waals surface area contributed by atoms with Gasteiger partial charge in [-0.05, 0) is 17.7 Å². The molecule has 5 nitrogen and oxygen atoms in total. The van der Waals surface area contributed by atoms with Crippen molar-refractivity contribution in [3.05, 3.63) is 71.3 Å². The monoisotopic (exact) mass is 298 g/mol. The highest BCUT2D eigenvalue weighted by atomic mass is 16.4. The number of aromatic carboxylic acids is 1. The van der Waals surface area contributed by atoms with Crippen LogP contribution < -0.4 is 11.1 Å². The molecule has 0 radical (unpaired) electrons. The van der Waals surface area contributed by atoms with E-state index in [1.54, 1.807) is 12.1 Å². The van der Waals surface area contributed by atoms with Gasteiger partial charge in [-0.3, -0.25) is 4.79 Å². The Bertz CT molecular complexity index is 656. The van der Waals surface area contributed by atoms with Gasteiger partial charge in [-0.1, -0.05) is 42.5 Å². The molecule has 22 heavy (non-hydrogen) atoms. The molecule has 2 aromatic carbocycles. The summed E-state index contributed by atoms with van der Waals surface area (Å²) >= 11 is 0. The van der Waals surface area contributed by atoms with E-state index in [0.717, 1.165) is 5.56 Å². The summed E-state index contributed by atoms with van der Waals surface area (Å²) in [5.74, 6) is -1.54. The van der Waals surface area contributed by atoms with E-state index in [1.165, 1.54) is 12.1 Å². The van der Waals surface area contributed by atoms with Gasteiger partial charge in [-0.25, -0.2) is 4.79 Å². The molecule has 4 N–H and O–H groups in total. The zero-order chi connectivity index (χ0) is 15.9. The Labute approximate surface area is 128 Å². The molecule has 5 heteroatoms. The Balaban J connectivity index is 2.08. The lowest BCUT2D eigenvalue weighted by molar-refractivity contribution is 0.0691. The lowest BCUT2D eigenvalue weighted by Crippen LogP contribution is -2.32. The normalized spacial score (nSPS) is 11.7. The molecular formula is C17H18N2O3. The van der Waals surface area contributed by atoms with Crippen molar-refractivity contribution in [3.8, 4) is 0 Å². The molecule has 0 bridgehead atoms. The Kier molecular flexibility index (Phi) is 5.27. The number of rotatable bonds is 6. The predicted octanol–water partition coefficient (Wildman–Crippen LogP) is 1.86. The van der Waals surface area contributed by atoms with Crippen molar-refractivity contribution in [2.24, 2.45) is 5.73 Å². The summed E-state index contributed by atoms with van der Waals surface area (Å²) in [6.45, 7) is 0.748. The molecular weight excluding hydrogens is 280 g/mol. The highest BCUT2D eigenvalue weighted by Crippen LogP contribution is 2.14. The van der Waals surface area contributed by atoms with Crippen LogP contribution in [0, 0.1) is 0 Å². The average Bonchev–Trinajstić information content (AvgIpc) is 2.56. The van der Waals surface area contributed by atoms with E-state index in [2.05, 4.69) is 5.32 Å². The van der Waals surface area contributed by atoms with Gasteiger partial charge in [0.05, 0.1) is 11.1 Å². The number of carboxylic acid groups (broad SMARTS) is 1. The third-order valence-corrected chi connectivity index (χ3v) is 3.47. The van der Waals surface area contributed by atoms with Gasteiger partial charge in [-0.15, -0.1) is 0 Å². The summed E-state index contributed by atoms with van der Waals surface area (Å²) in [5.41, 5.74) is 6.94. The maximum atomic E-state index is 12.2. The molecule has 0 spiro atoms. The highest BCUT2D eigenvalue weighted by molar-refractivity contribution is 6.04. The van der Waals surface area contributed by atoms with Crippen LogP contribution in [0.5, 0.6) is 0 Å². The molecule has 0 heterocycles. The van der Waals surface area contributed by atoms with Crippen molar-refractivity contribution >= 4 is 11.9 Å². The third kappa shape index (κ3) is 3.71. The average molecular weight is 298 g/mol. The Morgan fingerprint density at radius 1 is 1.00 bits per heavy atom. The number of nitrogens with one attached hydrogen (secondary N) is 1. The standard InChI is InChI=1S/C17H18N2O3/c18-10-13(12-6-2-1-3-7-12)11-19-16(20)14-8-4-5-9-15(14)17(21)22/h1-9,13H,10-11,18H2,(H,19,20)(H,21,22). The molecule has 0 saturated heterocycles. The van der Waals surface area contributed by atoms with Crippen molar-refractivity contribution in [3.63, 3.8) is 0 Å². The molecule has 0 saturated carbocycles. The van der Waals surface area contributed by atoms with Gasteiger partial charge in [0.25, 0.3) is 5.91 Å². The fraction of sp³-hybridized carbons (Fsp3) is 0.176. The molecule has 1 amide bonds. The SMILES string of the molecule is NCC(CNC(=O)c1ccccc1C(=O)O)c1ccccc1. The predicted molar refractivity (Wildman–Crippen MR) is 84.0 cm³/mol. The highest BCUT2D eigenvalue weighted by Gasteiger charge is 2.17. The van der Waals surface area contributed by atoms with Crippen LogP contribution in [0.4, 0.5) is 0 Å². The quantitative estimate of drug-likeness (QED) is 0.759. The minimum atomic E-state index is -1.12. The number of amides is 1. The first-order valence-electron chi connectivity index (χ1n) is 6.99. The van der Waals surface area contributed by atoms with E-state index < -0.39 is 11.9 Å². The van der Waals surface area contributed by atoms with Crippen LogP contribution in [-0.4, -0.2) is 30.1 Å². The van der Waals surface area contributed by atoms with Crippen LogP contribution in [-0.2, 0) is 0 Å². The maximum Gasteiger partial charge on any atom is 0.336 e. The number of hydrogen-bond acceptors (Lipinski definition) is 3. The summed E-state index contributed by atoms with van der Waals surface area (Å²) in [7, 11) is 0. The van der Waals surface area contributed by atoms with Crippen molar-refractivity contribution in [1.29, 1.82) is 0 Å². The first-order chi connectivity index (χ1) is 10.6. The van der Waals surface area contributed by atoms with Crippen molar-refractivity contribution in [1.82, 2.24) is 5.32 Å². The number of nitrogens with two attached hydrogens (primary N) is 1. The van der Waals surface area contributed by atoms with Gasteiger partial charge in [-0.2, -0.15) is 0 Å². The van der Waals surface area contributed by atoms with Crippen molar-refractivity contribution in [2.75, 3.05) is 13.1 Å². The van der Waals surface area contributed by atoms with Crippen LogP contribution in [0.1, 0.15) is 32.2 Å². The van der Waals surface area contributed by atoms with Gasteiger partial charge in [0.15, 0.2) is 0 Å². The second-order valence-corrected chi connectivity index (χ2v) is 4.90. The Morgan fingerprint density at radius 2 is 1.59 bits per heavy atom. The number of carboxylic acids is 1. The number of benzene rings is 2. The fourth-order valence-electron chi connectivity index (χ4n) is 2.24. The van der Waals surface area contributed by atoms with Crippen LogP contribution >= 0.6 is 0 Å². The minimum absolute atomic E-state index is 0.0102. The molecule has 1 unspecified atom stereocenters. The lowest BCUT2D eigenvalue weighted by atomic mass is 9.99. The summed E-state index contributed by atoms with van der Waals surface area (Å²) in [6, 6.07) is 15.8. The second kappa shape index (κ2) is 7.38. The smallest absolute Gasteiger partial charge is 0.336 e. The Hall–Kier alpha value is -2.66. The largest absolute Gasteiger partial charge is 0.478 e. The number of hydrogen-bond donors (Lipinski definition) is 3. The molecule has 0 aliphatic heterocycles. The van der Waals surface area contributed by atoms with Crippen LogP contribution in [0.15, 0.2) is 54.6 Å². The van der Waals surface area contributed by atoms with E-state index in [4.69, 9.17) is 10.8 Å². The van der Waals surface area contributed by atoms with E-state index >= 15 is 0 Å². The van der Waals surface area contributed by atoms with Gasteiger partial charge in [0.1, 0.15) is 0 Å². The van der Waals surface area contributed by atoms with Gasteiger partial charge in [0.2, 0.25) is 0 Å². The molecule has 2 rings (SSSR count). The summed E-state index contributed by atoms with van der Waals surface area (Å²) in [6.07, 6.45) is 0. The van der Waals surface area contributed by atoms with E-state index in [1.807, 2.05) is 30.3 Å². The first kappa shape index (κ1) is 15.7. The third-order valence-electron chi connectivity index (χ3n) is 3.47. The van der Waals surface area contributed by atoms with E-state index in [0.29, 0.717) is 13.1 Å². The molecule has 0 fully saturated rings. The minimum Gasteiger partial charge on any atom is -0.478 e. The maximum absolute atomic E-state index is 12.2. The summed E-state index contributed by atoms with van der Waals surface area (Å²) in [4.78, 5) is 23.3. The van der Waals surface area contributed by atoms with Gasteiger partial charge in [0, 0.05) is 19.0 Å². The molecule has 0 aliphatic carbocycles. The van der Waals surface area contributed by atoms with E-state index in [-0.39, 0.29) is 17.0 Å². The molecule has 0 aromatic heterocycles. The molecule has 1 atom stereocenters. The van der Waals surface area contributed by atoms with Crippen LogP contribution in [0.25, 0.3) is 0 Å². The zero-order valence-electron chi connectivity index (χ0n) is 12.0. The first-order valence-corrected chi connectivity index (χ1v) is 6.99. The van der Waals surface area contributed by atoms with Crippen LogP contribution in [0.2, 0.25) is 0 Å². The number of carbonyl (C=O) groups excluding carboxylic acids is 1. The molecule has 2 aromatic rings. The van der Waals surface area contributed by atoms with Crippen molar-refractivity contribution < 1.29 is 14.7 Å². The second-order valence-electron chi connectivity index (χ2n) is 4.90. The molecule has 0 aliphatic rings. The van der Waals surface area contributed by atoms with Crippen LogP contribution in [0.3, 0.4) is 0 Å². The molecule has 114 valence electrons. The summed E-state index contributed by atoms with van der Waals surface area (Å²) in [5, 5.41) is 11.9. The zero-order valence-corrected chi connectivity index (χ0v) is 12.0.